The largest absolute Gasteiger partial charge is 0.268 e. The molecule has 0 bridgehead atoms. The molecule has 3 heterocycles. The molecule has 0 atom stereocenters. The van der Waals surface area contributed by atoms with Gasteiger partial charge < -0.3 is 0 Å². The second-order valence-electron chi connectivity index (χ2n) is 7.29. The maximum atomic E-state index is 13.4. The molecular weight excluding hydrogens is 414 g/mol. The van der Waals surface area contributed by atoms with Crippen molar-refractivity contribution in [2.24, 2.45) is 0 Å². The molecule has 0 amide bonds. The summed E-state index contributed by atoms with van der Waals surface area (Å²) >= 11 is 2.99. The van der Waals surface area contributed by atoms with Crippen molar-refractivity contribution in [1.29, 1.82) is 0 Å². The van der Waals surface area contributed by atoms with E-state index in [1.54, 1.807) is 11.3 Å². The van der Waals surface area contributed by atoms with Crippen LogP contribution in [-0.4, -0.2) is 14.8 Å². The minimum atomic E-state index is -0.334. The molecule has 6 aromatic rings. The number of pyridine rings is 1. The van der Waals surface area contributed by atoms with Gasteiger partial charge in [0, 0.05) is 37.4 Å². The Kier molecular flexibility index (Phi) is 3.78. The molecule has 30 heavy (non-hydrogen) atoms. The monoisotopic (exact) mass is 429 g/mol. The molecule has 0 fully saturated rings. The van der Waals surface area contributed by atoms with E-state index in [9.17, 15) is 9.59 Å². The molecule has 0 radical (unpaired) electrons. The second kappa shape index (κ2) is 6.42. The van der Waals surface area contributed by atoms with E-state index in [2.05, 4.69) is 29.3 Å². The lowest BCUT2D eigenvalue weighted by Crippen LogP contribution is -2.31. The summed E-state index contributed by atoms with van der Waals surface area (Å²) in [4.78, 5) is 26.8. The first-order valence-electron chi connectivity index (χ1n) is 9.75. The van der Waals surface area contributed by atoms with Crippen LogP contribution in [0.5, 0.6) is 0 Å². The summed E-state index contributed by atoms with van der Waals surface area (Å²) in [5.41, 5.74) is -0.668. The fraction of sp³-hybridized carbons (Fsp3) is 0.130. The molecular formula is C23H15N3O2S2. The highest BCUT2D eigenvalue weighted by molar-refractivity contribution is 7.25. The number of hydrogen-bond acceptors (Lipinski definition) is 6. The van der Waals surface area contributed by atoms with Crippen LogP contribution in [0.1, 0.15) is 18.4 Å². The van der Waals surface area contributed by atoms with E-state index in [-0.39, 0.29) is 11.1 Å². The van der Waals surface area contributed by atoms with Crippen molar-refractivity contribution < 1.29 is 0 Å². The van der Waals surface area contributed by atoms with Gasteiger partial charge in [-0.05, 0) is 41.5 Å². The molecule has 0 saturated heterocycles. The van der Waals surface area contributed by atoms with Gasteiger partial charge in [-0.3, -0.25) is 9.59 Å². The van der Waals surface area contributed by atoms with E-state index in [1.807, 2.05) is 36.4 Å². The van der Waals surface area contributed by atoms with E-state index in [1.165, 1.54) is 20.6 Å². The van der Waals surface area contributed by atoms with Crippen LogP contribution in [0, 0.1) is 0 Å². The highest BCUT2D eigenvalue weighted by Crippen LogP contribution is 2.39. The number of benzene rings is 3. The standard InChI is InChI=1S/C23H15N3O2S2/c1-2-5-18-24-25-23(30-18)26-21(27)14-9-8-13-12-6-3-4-7-16(12)29-17-11-10-15(22(26)28)19(14)20(13)17/h3-4,6-11H,2,5H2,1H3. The molecule has 0 aliphatic heterocycles. The van der Waals surface area contributed by atoms with Crippen LogP contribution in [0.2, 0.25) is 0 Å². The Morgan fingerprint density at radius 2 is 1.50 bits per heavy atom. The quantitative estimate of drug-likeness (QED) is 0.290. The molecule has 0 aliphatic rings. The molecule has 0 N–H and O–H groups in total. The number of fused-ring (bicyclic) bond motifs is 2. The molecule has 146 valence electrons. The molecule has 0 spiro atoms. The van der Waals surface area contributed by atoms with Gasteiger partial charge in [-0.15, -0.1) is 21.5 Å². The summed E-state index contributed by atoms with van der Waals surface area (Å²) < 4.78 is 3.43. The van der Waals surface area contributed by atoms with Gasteiger partial charge in [-0.25, -0.2) is 4.57 Å². The van der Waals surface area contributed by atoms with Crippen molar-refractivity contribution in [3.05, 3.63) is 74.2 Å². The molecule has 0 unspecified atom stereocenters. The van der Waals surface area contributed by atoms with Crippen LogP contribution in [0.4, 0.5) is 0 Å². The third-order valence-corrected chi connectivity index (χ3v) is 7.60. The fourth-order valence-corrected chi connectivity index (χ4v) is 6.24. The van der Waals surface area contributed by atoms with E-state index in [0.29, 0.717) is 15.9 Å². The van der Waals surface area contributed by atoms with Gasteiger partial charge in [0.2, 0.25) is 5.13 Å². The van der Waals surface area contributed by atoms with Crippen molar-refractivity contribution in [2.45, 2.75) is 19.8 Å². The molecule has 0 saturated carbocycles. The topological polar surface area (TPSA) is 64.8 Å². The fourth-order valence-electron chi connectivity index (χ4n) is 4.18. The number of aryl methyl sites for hydroxylation is 1. The molecule has 7 heteroatoms. The molecule has 3 aromatic carbocycles. The van der Waals surface area contributed by atoms with Gasteiger partial charge in [0.25, 0.3) is 11.1 Å². The lowest BCUT2D eigenvalue weighted by Gasteiger charge is -2.13. The molecule has 3 aromatic heterocycles. The maximum absolute atomic E-state index is 13.4. The predicted molar refractivity (Wildman–Crippen MR) is 125 cm³/mol. The van der Waals surface area contributed by atoms with Crippen molar-refractivity contribution >= 4 is 64.4 Å². The van der Waals surface area contributed by atoms with Crippen molar-refractivity contribution in [2.75, 3.05) is 0 Å². The van der Waals surface area contributed by atoms with Gasteiger partial charge in [-0.1, -0.05) is 42.5 Å². The summed E-state index contributed by atoms with van der Waals surface area (Å²) in [6.45, 7) is 2.06. The summed E-state index contributed by atoms with van der Waals surface area (Å²) in [5.74, 6) is 0. The van der Waals surface area contributed by atoms with Gasteiger partial charge in [-0.2, -0.15) is 0 Å². The van der Waals surface area contributed by atoms with E-state index in [4.69, 9.17) is 0 Å². The molecule has 0 aliphatic carbocycles. The van der Waals surface area contributed by atoms with Crippen LogP contribution in [0.3, 0.4) is 0 Å². The van der Waals surface area contributed by atoms with Crippen LogP contribution in [0.25, 0.3) is 46.8 Å². The SMILES string of the molecule is CCCc1nnc(-n2c(=O)c3ccc4sc5ccccc5c5ccc(c2=O)c3c45)s1. The van der Waals surface area contributed by atoms with Crippen LogP contribution >= 0.6 is 22.7 Å². The molecule has 6 rings (SSSR count). The lowest BCUT2D eigenvalue weighted by molar-refractivity contribution is 0.858. The summed E-state index contributed by atoms with van der Waals surface area (Å²) in [6, 6.07) is 15.9. The zero-order valence-electron chi connectivity index (χ0n) is 16.0. The first kappa shape index (κ1) is 17.7. The van der Waals surface area contributed by atoms with Crippen molar-refractivity contribution in [1.82, 2.24) is 14.8 Å². The Bertz CT molecular complexity index is 1680. The minimum Gasteiger partial charge on any atom is -0.268 e. The number of rotatable bonds is 3. The number of aromatic nitrogens is 3. The number of nitrogens with zero attached hydrogens (tertiary/aromatic N) is 3. The smallest absolute Gasteiger partial charge is 0.267 e. The van der Waals surface area contributed by atoms with E-state index >= 15 is 0 Å². The zero-order chi connectivity index (χ0) is 20.4. The summed E-state index contributed by atoms with van der Waals surface area (Å²) in [5, 5.41) is 14.5. The Morgan fingerprint density at radius 1 is 0.767 bits per heavy atom. The van der Waals surface area contributed by atoms with Crippen LogP contribution < -0.4 is 11.1 Å². The predicted octanol–water partition coefficient (Wildman–Crippen LogP) is 5.11. The Labute approximate surface area is 178 Å². The third-order valence-electron chi connectivity index (χ3n) is 5.50. The summed E-state index contributed by atoms with van der Waals surface area (Å²) in [7, 11) is 0. The van der Waals surface area contributed by atoms with Crippen LogP contribution in [-0.2, 0) is 6.42 Å². The van der Waals surface area contributed by atoms with Crippen molar-refractivity contribution in [3.63, 3.8) is 0 Å². The summed E-state index contributed by atoms with van der Waals surface area (Å²) in [6.07, 6.45) is 1.72. The Balaban J connectivity index is 1.78. The van der Waals surface area contributed by atoms with Crippen molar-refractivity contribution in [3.8, 4) is 5.13 Å². The minimum absolute atomic E-state index is 0.334. The Morgan fingerprint density at radius 3 is 2.30 bits per heavy atom. The average molecular weight is 430 g/mol. The number of hydrogen-bond donors (Lipinski definition) is 0. The van der Waals surface area contributed by atoms with Gasteiger partial charge >= 0.3 is 0 Å². The van der Waals surface area contributed by atoms with Gasteiger partial charge in [0.05, 0.1) is 0 Å². The lowest BCUT2D eigenvalue weighted by atomic mass is 9.98. The second-order valence-corrected chi connectivity index (χ2v) is 9.42. The Hall–Kier alpha value is -3.16. The third kappa shape index (κ3) is 2.33. The average Bonchev–Trinajstić information content (AvgIpc) is 3.22. The first-order valence-corrected chi connectivity index (χ1v) is 11.4. The first-order chi connectivity index (χ1) is 14.7. The molecule has 5 nitrogen and oxygen atoms in total. The van der Waals surface area contributed by atoms with E-state index < -0.39 is 0 Å². The zero-order valence-corrected chi connectivity index (χ0v) is 17.6. The van der Waals surface area contributed by atoms with E-state index in [0.717, 1.165) is 44.1 Å². The van der Waals surface area contributed by atoms with Gasteiger partial charge in [0.1, 0.15) is 5.01 Å². The van der Waals surface area contributed by atoms with Gasteiger partial charge in [0.15, 0.2) is 0 Å². The van der Waals surface area contributed by atoms with Crippen LogP contribution in [0.15, 0.2) is 58.1 Å². The normalized spacial score (nSPS) is 12.0. The highest BCUT2D eigenvalue weighted by atomic mass is 32.1. The maximum Gasteiger partial charge on any atom is 0.267 e. The highest BCUT2D eigenvalue weighted by Gasteiger charge is 2.20.